The lowest BCUT2D eigenvalue weighted by Gasteiger charge is -2.11. The molecule has 0 saturated heterocycles. The number of carbonyl (C=O) groups excluding carboxylic acids is 1. The van der Waals surface area contributed by atoms with Crippen molar-refractivity contribution in [3.63, 3.8) is 0 Å². The summed E-state index contributed by atoms with van der Waals surface area (Å²) in [7, 11) is 3.14. The van der Waals surface area contributed by atoms with E-state index >= 15 is 0 Å². The summed E-state index contributed by atoms with van der Waals surface area (Å²) in [5.41, 5.74) is 3.23. The van der Waals surface area contributed by atoms with Crippen LogP contribution in [0.1, 0.15) is 17.9 Å². The van der Waals surface area contributed by atoms with E-state index in [0.29, 0.717) is 35.9 Å². The van der Waals surface area contributed by atoms with Gasteiger partial charge in [-0.25, -0.2) is 4.98 Å². The minimum absolute atomic E-state index is 0.0834. The predicted octanol–water partition coefficient (Wildman–Crippen LogP) is 3.72. The molecule has 6 nitrogen and oxygen atoms in total. The summed E-state index contributed by atoms with van der Waals surface area (Å²) in [6.45, 7) is 1.81. The number of carbonyl (C=O) groups is 1. The molecule has 0 radical (unpaired) electrons. The van der Waals surface area contributed by atoms with Crippen LogP contribution in [0, 0.1) is 6.92 Å². The molecule has 25 heavy (non-hydrogen) atoms. The number of nitrogens with zero attached hydrogens (tertiary/aromatic N) is 1. The summed E-state index contributed by atoms with van der Waals surface area (Å²) >= 11 is 0. The molecule has 1 amide bonds. The number of amides is 1. The highest BCUT2D eigenvalue weighted by Crippen LogP contribution is 2.29. The smallest absolute Gasteiger partial charge is 0.224 e. The van der Waals surface area contributed by atoms with Gasteiger partial charge in [0.25, 0.3) is 0 Å². The highest BCUT2D eigenvalue weighted by atomic mass is 16.5. The van der Waals surface area contributed by atoms with Crippen LogP contribution in [0.2, 0.25) is 0 Å². The van der Waals surface area contributed by atoms with Gasteiger partial charge in [-0.3, -0.25) is 4.79 Å². The zero-order chi connectivity index (χ0) is 17.8. The Balaban J connectivity index is 1.64. The zero-order valence-corrected chi connectivity index (χ0v) is 14.5. The van der Waals surface area contributed by atoms with E-state index in [9.17, 15) is 4.79 Å². The number of ether oxygens (including phenoxy) is 2. The maximum absolute atomic E-state index is 12.2. The molecular formula is C19H20N2O4. The number of rotatable bonds is 6. The van der Waals surface area contributed by atoms with E-state index in [2.05, 4.69) is 10.3 Å². The lowest BCUT2D eigenvalue weighted by molar-refractivity contribution is -0.116. The van der Waals surface area contributed by atoms with Gasteiger partial charge < -0.3 is 19.2 Å². The number of hydrogen-bond acceptors (Lipinski definition) is 5. The van der Waals surface area contributed by atoms with Gasteiger partial charge in [-0.15, -0.1) is 0 Å². The standard InChI is InChI=1S/C19H20N2O4/c1-12-20-16-10-13(4-8-17(16)25-12)5-9-19(22)21-15-7-6-14(23-2)11-18(15)24-3/h4,6-8,10-11H,5,9H2,1-3H3,(H,21,22). The monoisotopic (exact) mass is 340 g/mol. The lowest BCUT2D eigenvalue weighted by atomic mass is 10.1. The minimum atomic E-state index is -0.0834. The Hall–Kier alpha value is -3.02. The molecule has 0 saturated carbocycles. The third-order valence-electron chi connectivity index (χ3n) is 3.88. The summed E-state index contributed by atoms with van der Waals surface area (Å²) in [6.07, 6.45) is 0.976. The van der Waals surface area contributed by atoms with Gasteiger partial charge in [-0.1, -0.05) is 6.07 Å². The highest BCUT2D eigenvalue weighted by Gasteiger charge is 2.10. The molecule has 0 spiro atoms. The Labute approximate surface area is 145 Å². The summed E-state index contributed by atoms with van der Waals surface area (Å²) in [6, 6.07) is 11.1. The quantitative estimate of drug-likeness (QED) is 0.740. The summed E-state index contributed by atoms with van der Waals surface area (Å²) in [5.74, 6) is 1.79. The van der Waals surface area contributed by atoms with E-state index in [0.717, 1.165) is 16.7 Å². The van der Waals surface area contributed by atoms with Crippen LogP contribution in [-0.2, 0) is 11.2 Å². The van der Waals surface area contributed by atoms with Gasteiger partial charge in [0.15, 0.2) is 11.5 Å². The minimum Gasteiger partial charge on any atom is -0.497 e. The van der Waals surface area contributed by atoms with E-state index in [-0.39, 0.29) is 5.91 Å². The second-order valence-electron chi connectivity index (χ2n) is 5.65. The van der Waals surface area contributed by atoms with Crippen molar-refractivity contribution in [1.82, 2.24) is 4.98 Å². The molecule has 0 bridgehead atoms. The second-order valence-corrected chi connectivity index (χ2v) is 5.65. The normalized spacial score (nSPS) is 10.7. The molecule has 1 aromatic heterocycles. The largest absolute Gasteiger partial charge is 0.497 e. The topological polar surface area (TPSA) is 73.6 Å². The number of methoxy groups -OCH3 is 2. The van der Waals surface area contributed by atoms with Gasteiger partial charge >= 0.3 is 0 Å². The first-order chi connectivity index (χ1) is 12.1. The molecule has 1 heterocycles. The molecule has 3 rings (SSSR count). The molecule has 0 aliphatic heterocycles. The van der Waals surface area contributed by atoms with Crippen LogP contribution in [0.5, 0.6) is 11.5 Å². The first kappa shape index (κ1) is 16.8. The molecular weight excluding hydrogens is 320 g/mol. The Bertz CT molecular complexity index is 902. The number of nitrogens with one attached hydrogen (secondary N) is 1. The van der Waals surface area contributed by atoms with Crippen molar-refractivity contribution in [3.05, 3.63) is 47.9 Å². The third kappa shape index (κ3) is 3.91. The maximum atomic E-state index is 12.2. The average Bonchev–Trinajstić information content (AvgIpc) is 2.99. The summed E-state index contributed by atoms with van der Waals surface area (Å²) in [5, 5.41) is 2.87. The van der Waals surface area contributed by atoms with Gasteiger partial charge in [0, 0.05) is 19.4 Å². The summed E-state index contributed by atoms with van der Waals surface area (Å²) < 4.78 is 15.9. The number of benzene rings is 2. The van der Waals surface area contributed by atoms with E-state index in [1.54, 1.807) is 32.4 Å². The van der Waals surface area contributed by atoms with Crippen LogP contribution in [-0.4, -0.2) is 25.1 Å². The molecule has 0 unspecified atom stereocenters. The number of anilines is 1. The number of oxazole rings is 1. The van der Waals surface area contributed by atoms with Crippen molar-refractivity contribution in [1.29, 1.82) is 0 Å². The molecule has 0 atom stereocenters. The van der Waals surface area contributed by atoms with Crippen LogP contribution >= 0.6 is 0 Å². The van der Waals surface area contributed by atoms with E-state index < -0.39 is 0 Å². The van der Waals surface area contributed by atoms with Gasteiger partial charge in [0.2, 0.25) is 5.91 Å². The molecule has 3 aromatic rings. The van der Waals surface area contributed by atoms with Crippen LogP contribution in [0.4, 0.5) is 5.69 Å². The van der Waals surface area contributed by atoms with Crippen LogP contribution < -0.4 is 14.8 Å². The number of aryl methyl sites for hydroxylation is 2. The first-order valence-electron chi connectivity index (χ1n) is 7.97. The van der Waals surface area contributed by atoms with Crippen LogP contribution in [0.3, 0.4) is 0 Å². The van der Waals surface area contributed by atoms with Crippen LogP contribution in [0.15, 0.2) is 40.8 Å². The van der Waals surface area contributed by atoms with E-state index in [4.69, 9.17) is 13.9 Å². The van der Waals surface area contributed by atoms with Crippen molar-refractivity contribution in [2.45, 2.75) is 19.8 Å². The maximum Gasteiger partial charge on any atom is 0.224 e. The van der Waals surface area contributed by atoms with Crippen molar-refractivity contribution >= 4 is 22.7 Å². The van der Waals surface area contributed by atoms with Crippen molar-refractivity contribution in [2.75, 3.05) is 19.5 Å². The van der Waals surface area contributed by atoms with Crippen molar-refractivity contribution < 1.29 is 18.7 Å². The van der Waals surface area contributed by atoms with Gasteiger partial charge in [0.05, 0.1) is 19.9 Å². The first-order valence-corrected chi connectivity index (χ1v) is 7.97. The fraction of sp³-hybridized carbons (Fsp3) is 0.263. The van der Waals surface area contributed by atoms with Crippen molar-refractivity contribution in [3.8, 4) is 11.5 Å². The average molecular weight is 340 g/mol. The van der Waals surface area contributed by atoms with Gasteiger partial charge in [-0.2, -0.15) is 0 Å². The number of hydrogen-bond donors (Lipinski definition) is 1. The molecule has 0 aliphatic rings. The Morgan fingerprint density at radius 3 is 2.76 bits per heavy atom. The van der Waals surface area contributed by atoms with Gasteiger partial charge in [0.1, 0.15) is 17.0 Å². The Morgan fingerprint density at radius 1 is 1.16 bits per heavy atom. The van der Waals surface area contributed by atoms with Gasteiger partial charge in [-0.05, 0) is 36.2 Å². The molecule has 6 heteroatoms. The molecule has 0 fully saturated rings. The van der Waals surface area contributed by atoms with Crippen molar-refractivity contribution in [2.24, 2.45) is 0 Å². The molecule has 130 valence electrons. The highest BCUT2D eigenvalue weighted by molar-refractivity contribution is 5.92. The van der Waals surface area contributed by atoms with E-state index in [1.807, 2.05) is 25.1 Å². The second kappa shape index (κ2) is 7.25. The molecule has 1 N–H and O–H groups in total. The molecule has 2 aromatic carbocycles. The third-order valence-corrected chi connectivity index (χ3v) is 3.88. The number of aromatic nitrogens is 1. The Kier molecular flexibility index (Phi) is 4.88. The predicted molar refractivity (Wildman–Crippen MR) is 95.2 cm³/mol. The fourth-order valence-corrected chi connectivity index (χ4v) is 2.62. The summed E-state index contributed by atoms with van der Waals surface area (Å²) in [4.78, 5) is 16.6. The lowest BCUT2D eigenvalue weighted by Crippen LogP contribution is -2.13. The SMILES string of the molecule is COc1ccc(NC(=O)CCc2ccc3oc(C)nc3c2)c(OC)c1. The van der Waals surface area contributed by atoms with E-state index in [1.165, 1.54) is 0 Å². The zero-order valence-electron chi connectivity index (χ0n) is 14.5. The Morgan fingerprint density at radius 2 is 2.00 bits per heavy atom. The van der Waals surface area contributed by atoms with Crippen LogP contribution in [0.25, 0.3) is 11.1 Å². The fourth-order valence-electron chi connectivity index (χ4n) is 2.62. The molecule has 0 aliphatic carbocycles. The number of fused-ring (bicyclic) bond motifs is 1.